The molecule has 2 aromatic carbocycles. The van der Waals surface area contributed by atoms with Gasteiger partial charge in [0.2, 0.25) is 0 Å². The minimum Gasteiger partial charge on any atom is -0.395 e. The van der Waals surface area contributed by atoms with Crippen LogP contribution in [0.5, 0.6) is 0 Å². The van der Waals surface area contributed by atoms with E-state index in [0.717, 1.165) is 38.5 Å². The Morgan fingerprint density at radius 1 is 0.857 bits per heavy atom. The van der Waals surface area contributed by atoms with Gasteiger partial charge >= 0.3 is 6.03 Å². The third kappa shape index (κ3) is 7.73. The van der Waals surface area contributed by atoms with Gasteiger partial charge in [0.15, 0.2) is 0 Å². The van der Waals surface area contributed by atoms with Gasteiger partial charge < -0.3 is 15.7 Å². The van der Waals surface area contributed by atoms with Crippen LogP contribution in [0.4, 0.5) is 4.79 Å². The molecule has 2 rings (SSSR count). The number of unbranched alkanes of at least 4 members (excludes halogenated alkanes) is 2. The smallest absolute Gasteiger partial charge is 0.314 e. The van der Waals surface area contributed by atoms with Crippen molar-refractivity contribution in [2.75, 3.05) is 19.7 Å². The van der Waals surface area contributed by atoms with Gasteiger partial charge in [-0.3, -0.25) is 0 Å². The van der Waals surface area contributed by atoms with E-state index in [2.05, 4.69) is 54.0 Å². The van der Waals surface area contributed by atoms with E-state index >= 15 is 0 Å². The summed E-state index contributed by atoms with van der Waals surface area (Å²) in [6.07, 6.45) is 5.87. The van der Waals surface area contributed by atoms with E-state index in [1.54, 1.807) is 0 Å². The third-order valence-corrected chi connectivity index (χ3v) is 5.28. The van der Waals surface area contributed by atoms with Gasteiger partial charge in [-0.2, -0.15) is 0 Å². The minimum atomic E-state index is -0.220. The number of hydrogen-bond donors (Lipinski definition) is 3. The number of rotatable bonds is 12. The first-order valence-electron chi connectivity index (χ1n) is 10.4. The van der Waals surface area contributed by atoms with Crippen LogP contribution >= 0.6 is 0 Å². The van der Waals surface area contributed by atoms with Gasteiger partial charge in [0.1, 0.15) is 0 Å². The predicted molar refractivity (Wildman–Crippen MR) is 116 cm³/mol. The number of benzene rings is 2. The molecule has 4 heteroatoms. The molecule has 152 valence electrons. The summed E-state index contributed by atoms with van der Waals surface area (Å²) in [4.78, 5) is 11.9. The zero-order valence-electron chi connectivity index (χ0n) is 17.0. The van der Waals surface area contributed by atoms with Crippen LogP contribution in [0.2, 0.25) is 0 Å². The number of aliphatic hydroxyl groups excluding tert-OH is 1. The van der Waals surface area contributed by atoms with Crippen molar-refractivity contribution in [1.29, 1.82) is 0 Å². The molecule has 28 heavy (non-hydrogen) atoms. The molecule has 0 aromatic heterocycles. The molecule has 0 spiro atoms. The van der Waals surface area contributed by atoms with Crippen LogP contribution in [0, 0.1) is 0 Å². The molecule has 0 fully saturated rings. The number of hydrogen-bond acceptors (Lipinski definition) is 2. The van der Waals surface area contributed by atoms with Crippen molar-refractivity contribution < 1.29 is 9.90 Å². The lowest BCUT2D eigenvalue weighted by Crippen LogP contribution is -2.36. The fourth-order valence-electron chi connectivity index (χ4n) is 3.36. The molecule has 0 aliphatic rings. The Bertz CT molecular complexity index is 676. The van der Waals surface area contributed by atoms with Crippen molar-refractivity contribution >= 4 is 6.03 Å². The fourth-order valence-corrected chi connectivity index (χ4v) is 3.36. The lowest BCUT2D eigenvalue weighted by atomic mass is 9.79. The largest absolute Gasteiger partial charge is 0.395 e. The first-order valence-corrected chi connectivity index (χ1v) is 10.4. The SMILES string of the molecule is CC(CO)(CCCCNC(=O)NCCCCc1ccccc1)c1ccccc1. The van der Waals surface area contributed by atoms with Crippen LogP contribution in [0.1, 0.15) is 50.2 Å². The molecule has 0 saturated heterocycles. The standard InChI is InChI=1S/C24H34N2O2/c1-24(20-27,22-15-6-3-7-16-22)17-9-11-19-26-23(28)25-18-10-8-14-21-12-4-2-5-13-21/h2-7,12-13,15-16,27H,8-11,14,17-20H2,1H3,(H2,25,26,28). The normalized spacial score (nSPS) is 12.9. The molecule has 0 bridgehead atoms. The zero-order valence-corrected chi connectivity index (χ0v) is 17.0. The summed E-state index contributed by atoms with van der Waals surface area (Å²) < 4.78 is 0. The average Bonchev–Trinajstić information content (AvgIpc) is 2.74. The first kappa shape index (κ1) is 22.0. The molecule has 0 radical (unpaired) electrons. The molecular weight excluding hydrogens is 348 g/mol. The Morgan fingerprint density at radius 2 is 1.43 bits per heavy atom. The van der Waals surface area contributed by atoms with Crippen LogP contribution in [-0.4, -0.2) is 30.8 Å². The highest BCUT2D eigenvalue weighted by Gasteiger charge is 2.24. The molecule has 4 nitrogen and oxygen atoms in total. The minimum absolute atomic E-state index is 0.0901. The van der Waals surface area contributed by atoms with Gasteiger partial charge in [0.05, 0.1) is 6.61 Å². The topological polar surface area (TPSA) is 61.4 Å². The van der Waals surface area contributed by atoms with Crippen LogP contribution < -0.4 is 10.6 Å². The Morgan fingerprint density at radius 3 is 2.04 bits per heavy atom. The third-order valence-electron chi connectivity index (χ3n) is 5.28. The summed E-state index contributed by atoms with van der Waals surface area (Å²) in [6, 6.07) is 20.5. The Balaban J connectivity index is 1.52. The maximum absolute atomic E-state index is 11.9. The zero-order chi connectivity index (χ0) is 20.1. The van der Waals surface area contributed by atoms with Crippen LogP contribution in [-0.2, 0) is 11.8 Å². The summed E-state index contributed by atoms with van der Waals surface area (Å²) in [7, 11) is 0. The van der Waals surface area contributed by atoms with Crippen molar-refractivity contribution in [1.82, 2.24) is 10.6 Å². The van der Waals surface area contributed by atoms with Crippen LogP contribution in [0.25, 0.3) is 0 Å². The first-order chi connectivity index (χ1) is 13.6. The lowest BCUT2D eigenvalue weighted by molar-refractivity contribution is 0.193. The Labute approximate surface area is 169 Å². The van der Waals surface area contributed by atoms with E-state index in [4.69, 9.17) is 0 Å². The molecule has 2 aromatic rings. The van der Waals surface area contributed by atoms with Gasteiger partial charge in [0.25, 0.3) is 0 Å². The second kappa shape index (κ2) is 12.2. The fraction of sp³-hybridized carbons (Fsp3) is 0.458. The maximum atomic E-state index is 11.9. The molecule has 1 atom stereocenters. The summed E-state index contributed by atoms with van der Waals surface area (Å²) in [6.45, 7) is 3.59. The number of carbonyl (C=O) groups is 1. The lowest BCUT2D eigenvalue weighted by Gasteiger charge is -2.28. The highest BCUT2D eigenvalue weighted by atomic mass is 16.3. The second-order valence-electron chi connectivity index (χ2n) is 7.67. The van der Waals surface area contributed by atoms with Gasteiger partial charge in [-0.25, -0.2) is 4.79 Å². The van der Waals surface area contributed by atoms with Crippen molar-refractivity contribution in [2.24, 2.45) is 0 Å². The summed E-state index contributed by atoms with van der Waals surface area (Å²) >= 11 is 0. The molecule has 0 saturated carbocycles. The molecular formula is C24H34N2O2. The van der Waals surface area contributed by atoms with Gasteiger partial charge in [-0.1, -0.05) is 74.0 Å². The predicted octanol–water partition coefficient (Wildman–Crippen LogP) is 4.43. The number of aryl methyl sites for hydroxylation is 1. The van der Waals surface area contributed by atoms with Crippen molar-refractivity contribution in [3.63, 3.8) is 0 Å². The van der Waals surface area contributed by atoms with Crippen LogP contribution in [0.3, 0.4) is 0 Å². The second-order valence-corrected chi connectivity index (χ2v) is 7.67. The number of carbonyl (C=O) groups excluding carboxylic acids is 1. The van der Waals surface area contributed by atoms with E-state index in [1.807, 2.05) is 24.3 Å². The molecule has 1 unspecified atom stereocenters. The monoisotopic (exact) mass is 382 g/mol. The van der Waals surface area contributed by atoms with Gasteiger partial charge in [-0.05, 0) is 43.2 Å². The van der Waals surface area contributed by atoms with Gasteiger partial charge in [0, 0.05) is 18.5 Å². The summed E-state index contributed by atoms with van der Waals surface area (Å²) in [5, 5.41) is 15.7. The van der Waals surface area contributed by atoms with E-state index in [9.17, 15) is 9.90 Å². The van der Waals surface area contributed by atoms with Crippen molar-refractivity contribution in [2.45, 2.75) is 50.9 Å². The average molecular weight is 383 g/mol. The Hall–Kier alpha value is -2.33. The van der Waals surface area contributed by atoms with E-state index < -0.39 is 0 Å². The summed E-state index contributed by atoms with van der Waals surface area (Å²) in [5.41, 5.74) is 2.29. The quantitative estimate of drug-likeness (QED) is 0.476. The van der Waals surface area contributed by atoms with Crippen molar-refractivity contribution in [3.05, 3.63) is 71.8 Å². The van der Waals surface area contributed by atoms with Crippen molar-refractivity contribution in [3.8, 4) is 0 Å². The van der Waals surface area contributed by atoms with Gasteiger partial charge in [-0.15, -0.1) is 0 Å². The van der Waals surface area contributed by atoms with E-state index in [1.165, 1.54) is 11.1 Å². The van der Waals surface area contributed by atoms with E-state index in [0.29, 0.717) is 13.1 Å². The summed E-state index contributed by atoms with van der Waals surface area (Å²) in [5.74, 6) is 0. The number of urea groups is 1. The maximum Gasteiger partial charge on any atom is 0.314 e. The Kier molecular flexibility index (Phi) is 9.56. The highest BCUT2D eigenvalue weighted by Crippen LogP contribution is 2.28. The molecule has 0 heterocycles. The molecule has 3 N–H and O–H groups in total. The molecule has 2 amide bonds. The number of aliphatic hydroxyl groups is 1. The number of nitrogens with one attached hydrogen (secondary N) is 2. The van der Waals surface area contributed by atoms with Crippen LogP contribution in [0.15, 0.2) is 60.7 Å². The van der Waals surface area contributed by atoms with E-state index in [-0.39, 0.29) is 18.1 Å². The molecule has 0 aliphatic carbocycles. The molecule has 0 aliphatic heterocycles. The number of amides is 2. The highest BCUT2D eigenvalue weighted by molar-refractivity contribution is 5.73.